The summed E-state index contributed by atoms with van der Waals surface area (Å²) in [4.78, 5) is 2.34. The van der Waals surface area contributed by atoms with Crippen molar-refractivity contribution >= 4 is 0 Å². The molecular formula is C13H28N2O. The Morgan fingerprint density at radius 2 is 2.25 bits per heavy atom. The first kappa shape index (κ1) is 13.9. The molecule has 3 nitrogen and oxygen atoms in total. The minimum Gasteiger partial charge on any atom is -0.395 e. The molecule has 0 amide bonds. The van der Waals surface area contributed by atoms with Gasteiger partial charge in [-0.2, -0.15) is 0 Å². The zero-order valence-electron chi connectivity index (χ0n) is 10.9. The number of aliphatic hydroxyl groups excluding tert-OH is 1. The highest BCUT2D eigenvalue weighted by Gasteiger charge is 2.34. The summed E-state index contributed by atoms with van der Waals surface area (Å²) in [6.45, 7) is 8.40. The van der Waals surface area contributed by atoms with Gasteiger partial charge in [-0.3, -0.25) is 0 Å². The highest BCUT2D eigenvalue weighted by molar-refractivity contribution is 4.88. The maximum Gasteiger partial charge on any atom is 0.0558 e. The SMILES string of the molecule is CCN(CCO)CC1(CN)CCCC(C)C1. The number of rotatable bonds is 6. The number of nitrogens with two attached hydrogens (primary N) is 1. The fraction of sp³-hybridized carbons (Fsp3) is 1.00. The van der Waals surface area contributed by atoms with Crippen LogP contribution in [0.25, 0.3) is 0 Å². The Morgan fingerprint density at radius 1 is 1.50 bits per heavy atom. The predicted octanol–water partition coefficient (Wildman–Crippen LogP) is 1.46. The van der Waals surface area contributed by atoms with Gasteiger partial charge in [-0.05, 0) is 37.3 Å². The monoisotopic (exact) mass is 228 g/mol. The third-order valence-electron chi connectivity index (χ3n) is 4.04. The molecule has 16 heavy (non-hydrogen) atoms. The van der Waals surface area contributed by atoms with Gasteiger partial charge in [0.2, 0.25) is 0 Å². The van der Waals surface area contributed by atoms with E-state index in [9.17, 15) is 0 Å². The molecule has 3 N–H and O–H groups in total. The molecule has 2 atom stereocenters. The smallest absolute Gasteiger partial charge is 0.0558 e. The van der Waals surface area contributed by atoms with E-state index in [1.807, 2.05) is 0 Å². The van der Waals surface area contributed by atoms with Crippen LogP contribution in [0.15, 0.2) is 0 Å². The summed E-state index contributed by atoms with van der Waals surface area (Å²) in [6, 6.07) is 0. The number of hydrogen-bond donors (Lipinski definition) is 2. The molecule has 1 rings (SSSR count). The largest absolute Gasteiger partial charge is 0.395 e. The van der Waals surface area contributed by atoms with E-state index < -0.39 is 0 Å². The van der Waals surface area contributed by atoms with Gasteiger partial charge < -0.3 is 15.7 Å². The van der Waals surface area contributed by atoms with Crippen LogP contribution in [0, 0.1) is 11.3 Å². The van der Waals surface area contributed by atoms with Crippen molar-refractivity contribution in [3.8, 4) is 0 Å². The summed E-state index contributed by atoms with van der Waals surface area (Å²) in [5.74, 6) is 0.810. The average Bonchev–Trinajstić information content (AvgIpc) is 2.28. The van der Waals surface area contributed by atoms with Crippen molar-refractivity contribution in [3.05, 3.63) is 0 Å². The van der Waals surface area contributed by atoms with Crippen molar-refractivity contribution in [3.63, 3.8) is 0 Å². The fourth-order valence-electron chi connectivity index (χ4n) is 3.13. The lowest BCUT2D eigenvalue weighted by Crippen LogP contribution is -2.46. The second-order valence-electron chi connectivity index (χ2n) is 5.50. The summed E-state index contributed by atoms with van der Waals surface area (Å²) in [5, 5.41) is 9.03. The molecule has 1 aliphatic rings. The summed E-state index contributed by atoms with van der Waals surface area (Å²) in [5.41, 5.74) is 6.32. The molecule has 0 heterocycles. The molecule has 0 aromatic carbocycles. The van der Waals surface area contributed by atoms with Crippen LogP contribution in [-0.2, 0) is 0 Å². The van der Waals surface area contributed by atoms with Crippen LogP contribution in [0.2, 0.25) is 0 Å². The lowest BCUT2D eigenvalue weighted by molar-refractivity contribution is 0.0805. The van der Waals surface area contributed by atoms with Crippen molar-refractivity contribution in [1.29, 1.82) is 0 Å². The molecule has 0 saturated heterocycles. The molecule has 0 aromatic rings. The van der Waals surface area contributed by atoms with E-state index in [-0.39, 0.29) is 6.61 Å². The molecule has 0 bridgehead atoms. The number of nitrogens with zero attached hydrogens (tertiary/aromatic N) is 1. The lowest BCUT2D eigenvalue weighted by Gasteiger charge is -2.42. The van der Waals surface area contributed by atoms with Crippen LogP contribution in [-0.4, -0.2) is 42.8 Å². The maximum atomic E-state index is 9.03. The first-order valence-electron chi connectivity index (χ1n) is 6.69. The molecule has 0 radical (unpaired) electrons. The first-order chi connectivity index (χ1) is 7.65. The molecule has 0 aromatic heterocycles. The minimum atomic E-state index is 0.254. The zero-order valence-corrected chi connectivity index (χ0v) is 10.9. The van der Waals surface area contributed by atoms with E-state index in [0.717, 1.165) is 32.1 Å². The topological polar surface area (TPSA) is 49.5 Å². The number of aliphatic hydroxyl groups is 1. The van der Waals surface area contributed by atoms with E-state index in [2.05, 4.69) is 18.7 Å². The van der Waals surface area contributed by atoms with Gasteiger partial charge in [0, 0.05) is 13.1 Å². The minimum absolute atomic E-state index is 0.254. The van der Waals surface area contributed by atoms with Gasteiger partial charge in [0.15, 0.2) is 0 Å². The Morgan fingerprint density at radius 3 is 2.75 bits per heavy atom. The highest BCUT2D eigenvalue weighted by Crippen LogP contribution is 2.39. The van der Waals surface area contributed by atoms with Crippen molar-refractivity contribution in [2.75, 3.05) is 32.8 Å². The van der Waals surface area contributed by atoms with E-state index in [4.69, 9.17) is 10.8 Å². The quantitative estimate of drug-likeness (QED) is 0.723. The van der Waals surface area contributed by atoms with Gasteiger partial charge in [-0.25, -0.2) is 0 Å². The van der Waals surface area contributed by atoms with Crippen molar-refractivity contribution < 1.29 is 5.11 Å². The van der Waals surface area contributed by atoms with Gasteiger partial charge >= 0.3 is 0 Å². The van der Waals surface area contributed by atoms with Crippen LogP contribution in [0.3, 0.4) is 0 Å². The molecule has 1 aliphatic carbocycles. The highest BCUT2D eigenvalue weighted by atomic mass is 16.3. The van der Waals surface area contributed by atoms with Gasteiger partial charge in [0.25, 0.3) is 0 Å². The molecule has 3 heteroatoms. The zero-order chi connectivity index (χ0) is 12.0. The third-order valence-corrected chi connectivity index (χ3v) is 4.04. The molecule has 1 fully saturated rings. The van der Waals surface area contributed by atoms with Gasteiger partial charge in [-0.1, -0.05) is 26.7 Å². The summed E-state index contributed by atoms with van der Waals surface area (Å²) in [6.07, 6.45) is 5.18. The Bertz CT molecular complexity index is 198. The molecule has 2 unspecified atom stereocenters. The number of hydrogen-bond acceptors (Lipinski definition) is 3. The third kappa shape index (κ3) is 3.72. The van der Waals surface area contributed by atoms with Gasteiger partial charge in [0.1, 0.15) is 0 Å². The van der Waals surface area contributed by atoms with Crippen LogP contribution >= 0.6 is 0 Å². The number of likely N-dealkylation sites (N-methyl/N-ethyl adjacent to an activating group) is 1. The average molecular weight is 228 g/mol. The summed E-state index contributed by atoms with van der Waals surface area (Å²) < 4.78 is 0. The Labute approximate surface area is 100 Å². The standard InChI is InChI=1S/C13H28N2O/c1-3-15(7-8-16)11-13(10-14)6-4-5-12(2)9-13/h12,16H,3-11,14H2,1-2H3. The maximum absolute atomic E-state index is 9.03. The second-order valence-corrected chi connectivity index (χ2v) is 5.50. The second kappa shape index (κ2) is 6.58. The van der Waals surface area contributed by atoms with E-state index in [1.54, 1.807) is 0 Å². The Balaban J connectivity index is 2.57. The van der Waals surface area contributed by atoms with Crippen LogP contribution < -0.4 is 5.73 Å². The normalized spacial score (nSPS) is 30.9. The van der Waals surface area contributed by atoms with Crippen molar-refractivity contribution in [2.24, 2.45) is 17.1 Å². The predicted molar refractivity (Wildman–Crippen MR) is 68.3 cm³/mol. The fourth-order valence-corrected chi connectivity index (χ4v) is 3.13. The summed E-state index contributed by atoms with van der Waals surface area (Å²) >= 11 is 0. The van der Waals surface area contributed by atoms with E-state index in [1.165, 1.54) is 25.7 Å². The Kier molecular flexibility index (Phi) is 5.73. The van der Waals surface area contributed by atoms with E-state index >= 15 is 0 Å². The molecule has 1 saturated carbocycles. The van der Waals surface area contributed by atoms with Crippen LogP contribution in [0.5, 0.6) is 0 Å². The van der Waals surface area contributed by atoms with Gasteiger partial charge in [0.05, 0.1) is 6.61 Å². The van der Waals surface area contributed by atoms with Gasteiger partial charge in [-0.15, -0.1) is 0 Å². The van der Waals surface area contributed by atoms with Crippen LogP contribution in [0.1, 0.15) is 39.5 Å². The van der Waals surface area contributed by atoms with Crippen molar-refractivity contribution in [1.82, 2.24) is 4.90 Å². The van der Waals surface area contributed by atoms with Crippen molar-refractivity contribution in [2.45, 2.75) is 39.5 Å². The molecule has 0 spiro atoms. The molecule has 0 aliphatic heterocycles. The molecular weight excluding hydrogens is 200 g/mol. The summed E-state index contributed by atoms with van der Waals surface area (Å²) in [7, 11) is 0. The first-order valence-corrected chi connectivity index (χ1v) is 6.69. The van der Waals surface area contributed by atoms with E-state index in [0.29, 0.717) is 5.41 Å². The molecule has 96 valence electrons. The lowest BCUT2D eigenvalue weighted by atomic mass is 9.69. The Hall–Kier alpha value is -0.120. The van der Waals surface area contributed by atoms with Crippen LogP contribution in [0.4, 0.5) is 0 Å².